The van der Waals surface area contributed by atoms with E-state index in [1.54, 1.807) is 12.1 Å². The van der Waals surface area contributed by atoms with Gasteiger partial charge in [-0.15, -0.1) is 0 Å². The van der Waals surface area contributed by atoms with Crippen LogP contribution in [0.1, 0.15) is 18.4 Å². The second kappa shape index (κ2) is 8.20. The van der Waals surface area contributed by atoms with Gasteiger partial charge in [0, 0.05) is 10.9 Å². The van der Waals surface area contributed by atoms with Gasteiger partial charge in [0.15, 0.2) is 0 Å². The number of para-hydroxylation sites is 1. The first-order chi connectivity index (χ1) is 10.6. The van der Waals surface area contributed by atoms with Crippen molar-refractivity contribution in [2.75, 3.05) is 11.9 Å². The van der Waals surface area contributed by atoms with Crippen LogP contribution in [0, 0.1) is 6.92 Å². The maximum atomic E-state index is 11.9. The maximum Gasteiger partial charge on any atom is 0.224 e. The molecule has 1 amide bonds. The van der Waals surface area contributed by atoms with Gasteiger partial charge in [-0.05, 0) is 43.2 Å². The van der Waals surface area contributed by atoms with Crippen LogP contribution >= 0.6 is 27.5 Å². The normalized spacial score (nSPS) is 10.3. The molecule has 0 bridgehead atoms. The molecule has 22 heavy (non-hydrogen) atoms. The Bertz CT molecular complexity index is 661. The van der Waals surface area contributed by atoms with Crippen molar-refractivity contribution < 1.29 is 9.53 Å². The highest BCUT2D eigenvalue weighted by Gasteiger charge is 2.06. The Labute approximate surface area is 143 Å². The Kier molecular flexibility index (Phi) is 6.28. The zero-order chi connectivity index (χ0) is 15.9. The smallest absolute Gasteiger partial charge is 0.224 e. The van der Waals surface area contributed by atoms with Gasteiger partial charge in [-0.25, -0.2) is 0 Å². The zero-order valence-electron chi connectivity index (χ0n) is 12.2. The van der Waals surface area contributed by atoms with Crippen molar-refractivity contribution in [3.63, 3.8) is 0 Å². The molecule has 0 unspecified atom stereocenters. The molecule has 0 radical (unpaired) electrons. The molecule has 0 heterocycles. The van der Waals surface area contributed by atoms with Crippen molar-refractivity contribution >= 4 is 39.1 Å². The number of ether oxygens (including phenoxy) is 1. The highest BCUT2D eigenvalue weighted by Crippen LogP contribution is 2.25. The summed E-state index contributed by atoms with van der Waals surface area (Å²) in [4.78, 5) is 11.9. The third kappa shape index (κ3) is 5.04. The number of carbonyl (C=O) groups is 1. The number of rotatable bonds is 6. The van der Waals surface area contributed by atoms with Crippen LogP contribution in [-0.2, 0) is 4.79 Å². The average molecular weight is 383 g/mol. The van der Waals surface area contributed by atoms with Gasteiger partial charge in [-0.3, -0.25) is 4.79 Å². The third-order valence-corrected chi connectivity index (χ3v) is 3.91. The van der Waals surface area contributed by atoms with Crippen molar-refractivity contribution in [1.29, 1.82) is 0 Å². The SMILES string of the molecule is Cc1ccccc1OCCCC(=O)Nc1ccc(Br)cc1Cl. The Morgan fingerprint density at radius 1 is 1.27 bits per heavy atom. The van der Waals surface area contributed by atoms with E-state index in [1.807, 2.05) is 37.3 Å². The van der Waals surface area contributed by atoms with Gasteiger partial charge < -0.3 is 10.1 Å². The fourth-order valence-electron chi connectivity index (χ4n) is 1.94. The lowest BCUT2D eigenvalue weighted by atomic mass is 10.2. The minimum Gasteiger partial charge on any atom is -0.493 e. The van der Waals surface area contributed by atoms with Crippen molar-refractivity contribution in [3.8, 4) is 5.75 Å². The lowest BCUT2D eigenvalue weighted by molar-refractivity contribution is -0.116. The number of benzene rings is 2. The summed E-state index contributed by atoms with van der Waals surface area (Å²) in [5, 5.41) is 3.31. The van der Waals surface area contributed by atoms with Gasteiger partial charge in [-0.1, -0.05) is 45.7 Å². The third-order valence-electron chi connectivity index (χ3n) is 3.10. The number of hydrogen-bond acceptors (Lipinski definition) is 2. The first-order valence-electron chi connectivity index (χ1n) is 6.99. The van der Waals surface area contributed by atoms with E-state index < -0.39 is 0 Å². The first-order valence-corrected chi connectivity index (χ1v) is 8.16. The summed E-state index contributed by atoms with van der Waals surface area (Å²) in [6.45, 7) is 2.50. The Balaban J connectivity index is 1.75. The van der Waals surface area contributed by atoms with E-state index in [2.05, 4.69) is 21.2 Å². The summed E-state index contributed by atoms with van der Waals surface area (Å²) < 4.78 is 6.54. The van der Waals surface area contributed by atoms with E-state index in [0.717, 1.165) is 15.8 Å². The van der Waals surface area contributed by atoms with Crippen LogP contribution in [0.2, 0.25) is 5.02 Å². The fraction of sp³-hybridized carbons (Fsp3) is 0.235. The van der Waals surface area contributed by atoms with Gasteiger partial charge >= 0.3 is 0 Å². The molecular formula is C17H17BrClNO2. The Hall–Kier alpha value is -1.52. The Morgan fingerprint density at radius 2 is 2.05 bits per heavy atom. The Morgan fingerprint density at radius 3 is 2.77 bits per heavy atom. The van der Waals surface area contributed by atoms with E-state index in [-0.39, 0.29) is 5.91 Å². The molecule has 0 saturated heterocycles. The number of anilines is 1. The van der Waals surface area contributed by atoms with Crippen LogP contribution < -0.4 is 10.1 Å². The number of carbonyl (C=O) groups excluding carboxylic acids is 1. The predicted molar refractivity (Wildman–Crippen MR) is 93.7 cm³/mol. The number of aryl methyl sites for hydroxylation is 1. The molecule has 0 aliphatic rings. The molecule has 0 saturated carbocycles. The highest BCUT2D eigenvalue weighted by atomic mass is 79.9. The molecule has 0 fully saturated rings. The minimum atomic E-state index is -0.0717. The lowest BCUT2D eigenvalue weighted by Gasteiger charge is -2.09. The summed E-state index contributed by atoms with van der Waals surface area (Å²) in [5.74, 6) is 0.788. The predicted octanol–water partition coefficient (Wildman–Crippen LogP) is 5.21. The zero-order valence-corrected chi connectivity index (χ0v) is 14.6. The van der Waals surface area contributed by atoms with Crippen LogP contribution in [0.3, 0.4) is 0 Å². The number of hydrogen-bond donors (Lipinski definition) is 1. The molecule has 2 aromatic rings. The fourth-order valence-corrected chi connectivity index (χ4v) is 2.66. The molecule has 5 heteroatoms. The van der Waals surface area contributed by atoms with E-state index >= 15 is 0 Å². The van der Waals surface area contributed by atoms with Crippen molar-refractivity contribution in [3.05, 3.63) is 57.5 Å². The van der Waals surface area contributed by atoms with Crippen molar-refractivity contribution in [2.45, 2.75) is 19.8 Å². The molecule has 116 valence electrons. The second-order valence-corrected chi connectivity index (χ2v) is 6.21. The molecule has 0 aliphatic carbocycles. The van der Waals surface area contributed by atoms with Crippen LogP contribution in [0.4, 0.5) is 5.69 Å². The van der Waals surface area contributed by atoms with Crippen LogP contribution in [0.5, 0.6) is 5.75 Å². The van der Waals surface area contributed by atoms with Crippen LogP contribution in [0.15, 0.2) is 46.9 Å². The average Bonchev–Trinajstić information content (AvgIpc) is 2.48. The van der Waals surface area contributed by atoms with Crippen molar-refractivity contribution in [1.82, 2.24) is 0 Å². The van der Waals surface area contributed by atoms with E-state index in [9.17, 15) is 4.79 Å². The number of nitrogens with one attached hydrogen (secondary N) is 1. The molecule has 2 aromatic carbocycles. The summed E-state index contributed by atoms with van der Waals surface area (Å²) >= 11 is 9.39. The molecule has 1 N–H and O–H groups in total. The minimum absolute atomic E-state index is 0.0717. The van der Waals surface area contributed by atoms with Gasteiger partial charge in [0.05, 0.1) is 17.3 Å². The number of halogens is 2. The van der Waals surface area contributed by atoms with Crippen molar-refractivity contribution in [2.24, 2.45) is 0 Å². The van der Waals surface area contributed by atoms with Gasteiger partial charge in [0.25, 0.3) is 0 Å². The lowest BCUT2D eigenvalue weighted by Crippen LogP contribution is -2.13. The molecule has 3 nitrogen and oxygen atoms in total. The van der Waals surface area contributed by atoms with E-state index in [1.165, 1.54) is 0 Å². The maximum absolute atomic E-state index is 11.9. The second-order valence-electron chi connectivity index (χ2n) is 4.89. The van der Waals surface area contributed by atoms with Crippen LogP contribution in [-0.4, -0.2) is 12.5 Å². The molecule has 0 atom stereocenters. The molecular weight excluding hydrogens is 366 g/mol. The van der Waals surface area contributed by atoms with E-state index in [0.29, 0.717) is 30.2 Å². The quantitative estimate of drug-likeness (QED) is 0.697. The summed E-state index contributed by atoms with van der Waals surface area (Å²) in [6.07, 6.45) is 1.03. The largest absolute Gasteiger partial charge is 0.493 e. The summed E-state index contributed by atoms with van der Waals surface area (Å²) in [6, 6.07) is 13.2. The van der Waals surface area contributed by atoms with Gasteiger partial charge in [0.2, 0.25) is 5.91 Å². The molecule has 0 aromatic heterocycles. The topological polar surface area (TPSA) is 38.3 Å². The first kappa shape index (κ1) is 16.8. The molecule has 0 aliphatic heterocycles. The van der Waals surface area contributed by atoms with E-state index in [4.69, 9.17) is 16.3 Å². The van der Waals surface area contributed by atoms with Crippen LogP contribution in [0.25, 0.3) is 0 Å². The molecule has 2 rings (SSSR count). The van der Waals surface area contributed by atoms with Gasteiger partial charge in [-0.2, -0.15) is 0 Å². The molecule has 0 spiro atoms. The number of amides is 1. The standard InChI is InChI=1S/C17H17BrClNO2/c1-12-5-2-3-6-16(12)22-10-4-7-17(21)20-15-9-8-13(18)11-14(15)19/h2-3,5-6,8-9,11H,4,7,10H2,1H3,(H,20,21). The summed E-state index contributed by atoms with van der Waals surface area (Å²) in [5.41, 5.74) is 1.71. The van der Waals surface area contributed by atoms with Gasteiger partial charge in [0.1, 0.15) is 5.75 Å². The summed E-state index contributed by atoms with van der Waals surface area (Å²) in [7, 11) is 0. The highest BCUT2D eigenvalue weighted by molar-refractivity contribution is 9.10. The monoisotopic (exact) mass is 381 g/mol.